The Labute approximate surface area is 177 Å². The Bertz CT molecular complexity index is 1060. The molecule has 0 spiro atoms. The van der Waals surface area contributed by atoms with Crippen LogP contribution < -0.4 is 4.90 Å². The molecule has 30 heavy (non-hydrogen) atoms. The van der Waals surface area contributed by atoms with Crippen LogP contribution in [0.2, 0.25) is 0 Å². The van der Waals surface area contributed by atoms with E-state index in [1.807, 2.05) is 31.2 Å². The molecule has 1 fully saturated rings. The predicted molar refractivity (Wildman–Crippen MR) is 115 cm³/mol. The van der Waals surface area contributed by atoms with Crippen molar-refractivity contribution in [3.05, 3.63) is 83.6 Å². The molecule has 1 aromatic heterocycles. The molecular formula is C23H23FN2O3S. The third kappa shape index (κ3) is 4.62. The topological polar surface area (TPSA) is 53.8 Å². The SMILES string of the molecule is Cc1cccc([S@](=O)Cc2ccc(C(=O)N3CCN(c4ccc(F)cc4)CC3)o2)c1. The molecule has 1 atom stereocenters. The minimum atomic E-state index is -1.23. The van der Waals surface area contributed by atoms with Gasteiger partial charge in [0.05, 0.1) is 16.6 Å². The van der Waals surface area contributed by atoms with Crippen LogP contribution >= 0.6 is 0 Å². The summed E-state index contributed by atoms with van der Waals surface area (Å²) in [6.07, 6.45) is 0. The lowest BCUT2D eigenvalue weighted by atomic mass is 10.2. The Morgan fingerprint density at radius 1 is 1.03 bits per heavy atom. The van der Waals surface area contributed by atoms with Crippen molar-refractivity contribution in [3.63, 3.8) is 0 Å². The van der Waals surface area contributed by atoms with Crippen molar-refractivity contribution >= 4 is 22.4 Å². The quantitative estimate of drug-likeness (QED) is 0.619. The van der Waals surface area contributed by atoms with Gasteiger partial charge < -0.3 is 14.2 Å². The lowest BCUT2D eigenvalue weighted by Crippen LogP contribution is -2.48. The summed E-state index contributed by atoms with van der Waals surface area (Å²) in [4.78, 5) is 17.4. The molecule has 0 aliphatic carbocycles. The Morgan fingerprint density at radius 3 is 2.47 bits per heavy atom. The fourth-order valence-electron chi connectivity index (χ4n) is 3.52. The molecule has 0 radical (unpaired) electrons. The van der Waals surface area contributed by atoms with E-state index >= 15 is 0 Å². The molecule has 1 aliphatic heterocycles. The Hall–Kier alpha value is -2.93. The van der Waals surface area contributed by atoms with E-state index in [2.05, 4.69) is 4.90 Å². The predicted octanol–water partition coefficient (Wildman–Crippen LogP) is 4.00. The summed E-state index contributed by atoms with van der Waals surface area (Å²) in [7, 11) is -1.23. The molecule has 156 valence electrons. The molecule has 3 aromatic rings. The van der Waals surface area contributed by atoms with Gasteiger partial charge in [0.1, 0.15) is 11.6 Å². The third-order valence-electron chi connectivity index (χ3n) is 5.16. The van der Waals surface area contributed by atoms with Crippen molar-refractivity contribution in [2.75, 3.05) is 31.1 Å². The first-order valence-corrected chi connectivity index (χ1v) is 11.1. The van der Waals surface area contributed by atoms with Crippen LogP contribution in [0, 0.1) is 12.7 Å². The number of nitrogens with zero attached hydrogens (tertiary/aromatic N) is 2. The number of furan rings is 1. The highest BCUT2D eigenvalue weighted by Gasteiger charge is 2.24. The van der Waals surface area contributed by atoms with E-state index in [0.29, 0.717) is 31.9 Å². The summed E-state index contributed by atoms with van der Waals surface area (Å²) in [5.74, 6) is 0.602. The number of anilines is 1. The number of rotatable bonds is 5. The summed E-state index contributed by atoms with van der Waals surface area (Å²) in [6.45, 7) is 4.41. The van der Waals surface area contributed by atoms with Gasteiger partial charge in [-0.25, -0.2) is 4.39 Å². The van der Waals surface area contributed by atoms with Crippen LogP contribution in [-0.2, 0) is 16.6 Å². The molecule has 0 N–H and O–H groups in total. The average Bonchev–Trinajstić information content (AvgIpc) is 3.22. The lowest BCUT2D eigenvalue weighted by Gasteiger charge is -2.35. The van der Waals surface area contributed by atoms with Gasteiger partial charge in [-0.1, -0.05) is 12.1 Å². The first kappa shape index (κ1) is 20.3. The van der Waals surface area contributed by atoms with Crippen LogP contribution in [0.3, 0.4) is 0 Å². The molecule has 4 rings (SSSR count). The van der Waals surface area contributed by atoms with E-state index in [-0.39, 0.29) is 23.2 Å². The monoisotopic (exact) mass is 426 g/mol. The van der Waals surface area contributed by atoms with Crippen molar-refractivity contribution in [2.45, 2.75) is 17.6 Å². The van der Waals surface area contributed by atoms with Gasteiger partial charge in [0.25, 0.3) is 5.91 Å². The standard InChI is InChI=1S/C23H23FN2O3S/c1-17-3-2-4-21(15-17)30(28)16-20-9-10-22(29-20)23(27)26-13-11-25(12-14-26)19-7-5-18(24)6-8-19/h2-10,15H,11-14,16H2,1H3/t30-/m1/s1. The number of amides is 1. The number of hydrogen-bond donors (Lipinski definition) is 0. The highest BCUT2D eigenvalue weighted by atomic mass is 32.2. The molecule has 7 heteroatoms. The van der Waals surface area contributed by atoms with Gasteiger partial charge in [0.15, 0.2) is 5.76 Å². The molecule has 1 saturated heterocycles. The molecular weight excluding hydrogens is 403 g/mol. The Morgan fingerprint density at radius 2 is 1.77 bits per heavy atom. The van der Waals surface area contributed by atoms with Crippen LogP contribution in [-0.4, -0.2) is 41.2 Å². The van der Waals surface area contributed by atoms with Crippen molar-refractivity contribution in [1.82, 2.24) is 4.90 Å². The van der Waals surface area contributed by atoms with E-state index in [4.69, 9.17) is 4.42 Å². The second kappa shape index (κ2) is 8.83. The number of benzene rings is 2. The molecule has 5 nitrogen and oxygen atoms in total. The average molecular weight is 427 g/mol. The summed E-state index contributed by atoms with van der Waals surface area (Å²) in [5, 5.41) is 0. The van der Waals surface area contributed by atoms with Crippen LogP contribution in [0.5, 0.6) is 0 Å². The van der Waals surface area contributed by atoms with E-state index in [1.165, 1.54) is 12.1 Å². The van der Waals surface area contributed by atoms with Gasteiger partial charge in [-0.05, 0) is 61.0 Å². The van der Waals surface area contributed by atoms with Crippen LogP contribution in [0.4, 0.5) is 10.1 Å². The van der Waals surface area contributed by atoms with Crippen molar-refractivity contribution in [1.29, 1.82) is 0 Å². The first-order valence-electron chi connectivity index (χ1n) is 9.83. The number of piperazine rings is 1. The minimum absolute atomic E-state index is 0.165. The zero-order chi connectivity index (χ0) is 21.1. The van der Waals surface area contributed by atoms with Gasteiger partial charge in [0.2, 0.25) is 0 Å². The van der Waals surface area contributed by atoms with Crippen molar-refractivity contribution in [2.24, 2.45) is 0 Å². The van der Waals surface area contributed by atoms with E-state index in [0.717, 1.165) is 16.1 Å². The fourth-order valence-corrected chi connectivity index (χ4v) is 4.64. The smallest absolute Gasteiger partial charge is 0.289 e. The van der Waals surface area contributed by atoms with Gasteiger partial charge in [-0.3, -0.25) is 9.00 Å². The highest BCUT2D eigenvalue weighted by molar-refractivity contribution is 7.84. The van der Waals surface area contributed by atoms with E-state index in [9.17, 15) is 13.4 Å². The van der Waals surface area contributed by atoms with Gasteiger partial charge in [0, 0.05) is 36.8 Å². The molecule has 0 unspecified atom stereocenters. The first-order chi connectivity index (χ1) is 14.5. The third-order valence-corrected chi connectivity index (χ3v) is 6.48. The molecule has 2 heterocycles. The zero-order valence-electron chi connectivity index (χ0n) is 16.7. The lowest BCUT2D eigenvalue weighted by molar-refractivity contribution is 0.0713. The number of hydrogen-bond acceptors (Lipinski definition) is 4. The van der Waals surface area contributed by atoms with Gasteiger partial charge >= 0.3 is 0 Å². The summed E-state index contributed by atoms with van der Waals surface area (Å²) in [5.41, 5.74) is 2.00. The summed E-state index contributed by atoms with van der Waals surface area (Å²) >= 11 is 0. The summed E-state index contributed by atoms with van der Waals surface area (Å²) in [6, 6.07) is 17.3. The Balaban J connectivity index is 1.35. The molecule has 1 amide bonds. The number of aryl methyl sites for hydroxylation is 1. The maximum Gasteiger partial charge on any atom is 0.289 e. The van der Waals surface area contributed by atoms with Crippen LogP contribution in [0.1, 0.15) is 21.9 Å². The molecule has 0 saturated carbocycles. The Kier molecular flexibility index (Phi) is 5.99. The van der Waals surface area contributed by atoms with Crippen molar-refractivity contribution in [3.8, 4) is 0 Å². The molecule has 2 aromatic carbocycles. The van der Waals surface area contributed by atoms with Gasteiger partial charge in [-0.15, -0.1) is 0 Å². The maximum atomic E-state index is 13.1. The van der Waals surface area contributed by atoms with E-state index < -0.39 is 10.8 Å². The van der Waals surface area contributed by atoms with E-state index in [1.54, 1.807) is 29.2 Å². The largest absolute Gasteiger partial charge is 0.455 e. The fraction of sp³-hybridized carbons (Fsp3) is 0.261. The van der Waals surface area contributed by atoms with Crippen LogP contribution in [0.25, 0.3) is 0 Å². The number of halogens is 1. The normalized spacial score (nSPS) is 15.3. The second-order valence-corrected chi connectivity index (χ2v) is 8.78. The number of carbonyl (C=O) groups is 1. The second-order valence-electron chi connectivity index (χ2n) is 7.33. The highest BCUT2D eigenvalue weighted by Crippen LogP contribution is 2.20. The van der Waals surface area contributed by atoms with Crippen molar-refractivity contribution < 1.29 is 17.8 Å². The summed E-state index contributed by atoms with van der Waals surface area (Å²) < 4.78 is 31.4. The molecule has 1 aliphatic rings. The molecule has 0 bridgehead atoms. The van der Waals surface area contributed by atoms with Gasteiger partial charge in [-0.2, -0.15) is 0 Å². The van der Waals surface area contributed by atoms with Crippen LogP contribution in [0.15, 0.2) is 70.0 Å². The zero-order valence-corrected chi connectivity index (χ0v) is 17.5. The minimum Gasteiger partial charge on any atom is -0.455 e. The number of carbonyl (C=O) groups excluding carboxylic acids is 1. The maximum absolute atomic E-state index is 13.1.